The van der Waals surface area contributed by atoms with Gasteiger partial charge in [0, 0.05) is 22.7 Å². The molecule has 184 valence electrons. The molecular formula is C34H38N2. The molecule has 0 radical (unpaired) electrons. The van der Waals surface area contributed by atoms with Gasteiger partial charge in [0.25, 0.3) is 0 Å². The van der Waals surface area contributed by atoms with E-state index in [-0.39, 0.29) is 0 Å². The maximum absolute atomic E-state index is 2.66. The summed E-state index contributed by atoms with van der Waals surface area (Å²) in [5, 5.41) is 0. The van der Waals surface area contributed by atoms with Crippen LogP contribution in [0.4, 0.5) is 22.7 Å². The van der Waals surface area contributed by atoms with E-state index in [0.29, 0.717) is 12.1 Å². The molecule has 2 heteroatoms. The lowest BCUT2D eigenvalue weighted by Crippen LogP contribution is -2.51. The van der Waals surface area contributed by atoms with E-state index in [9.17, 15) is 0 Å². The summed E-state index contributed by atoms with van der Waals surface area (Å²) >= 11 is 0. The Hall–Kier alpha value is -3.52. The summed E-state index contributed by atoms with van der Waals surface area (Å²) in [5.74, 6) is 0. The summed E-state index contributed by atoms with van der Waals surface area (Å²) in [6, 6.07) is 36.3. The highest BCUT2D eigenvalue weighted by Gasteiger charge is 2.37. The second-order valence-corrected chi connectivity index (χ2v) is 10.3. The largest absolute Gasteiger partial charge is 0.336 e. The van der Waals surface area contributed by atoms with Gasteiger partial charge < -0.3 is 9.80 Å². The van der Waals surface area contributed by atoms with Crippen molar-refractivity contribution >= 4 is 22.7 Å². The summed E-state index contributed by atoms with van der Waals surface area (Å²) < 4.78 is 0. The van der Waals surface area contributed by atoms with Crippen molar-refractivity contribution in [3.05, 3.63) is 119 Å². The van der Waals surface area contributed by atoms with Crippen molar-refractivity contribution in [1.82, 2.24) is 0 Å². The van der Waals surface area contributed by atoms with Crippen LogP contribution >= 0.6 is 0 Å². The highest BCUT2D eigenvalue weighted by atomic mass is 15.3. The lowest BCUT2D eigenvalue weighted by Gasteiger charge is -2.48. The third-order valence-corrected chi connectivity index (χ3v) is 7.86. The monoisotopic (exact) mass is 474 g/mol. The molecular weight excluding hydrogens is 436 g/mol. The average molecular weight is 475 g/mol. The van der Waals surface area contributed by atoms with Gasteiger partial charge in [0.05, 0.1) is 12.1 Å². The van der Waals surface area contributed by atoms with Gasteiger partial charge in [0.2, 0.25) is 0 Å². The van der Waals surface area contributed by atoms with E-state index in [0.717, 1.165) is 0 Å². The second-order valence-electron chi connectivity index (χ2n) is 10.3. The molecule has 36 heavy (non-hydrogen) atoms. The lowest BCUT2D eigenvalue weighted by atomic mass is 9.85. The molecule has 0 heterocycles. The van der Waals surface area contributed by atoms with Crippen LogP contribution in [-0.2, 0) is 0 Å². The fourth-order valence-electron chi connectivity index (χ4n) is 6.00. The smallest absolute Gasteiger partial charge is 0.0550 e. The van der Waals surface area contributed by atoms with Crippen molar-refractivity contribution in [2.24, 2.45) is 0 Å². The molecule has 5 rings (SSSR count). The first kappa shape index (κ1) is 24.2. The Bertz CT molecular complexity index is 1130. The van der Waals surface area contributed by atoms with Gasteiger partial charge in [-0.2, -0.15) is 0 Å². The predicted molar refractivity (Wildman–Crippen MR) is 155 cm³/mol. The van der Waals surface area contributed by atoms with E-state index in [1.807, 2.05) is 0 Å². The molecule has 1 fully saturated rings. The molecule has 0 aromatic heterocycles. The fraction of sp³-hybridized carbons (Fsp3) is 0.294. The van der Waals surface area contributed by atoms with Gasteiger partial charge in [-0.1, -0.05) is 85.6 Å². The third-order valence-electron chi connectivity index (χ3n) is 7.86. The highest BCUT2D eigenvalue weighted by Crippen LogP contribution is 2.43. The first-order chi connectivity index (χ1) is 17.6. The molecule has 2 nitrogen and oxygen atoms in total. The maximum atomic E-state index is 2.66. The number of benzene rings is 4. The Labute approximate surface area is 217 Å². The molecule has 0 N–H and O–H groups in total. The molecule has 0 spiro atoms. The lowest BCUT2D eigenvalue weighted by molar-refractivity contribution is 0.376. The minimum absolute atomic E-state index is 0.347. The van der Waals surface area contributed by atoms with E-state index in [1.54, 1.807) is 0 Å². The van der Waals surface area contributed by atoms with Crippen molar-refractivity contribution in [3.63, 3.8) is 0 Å². The molecule has 1 aliphatic carbocycles. The van der Waals surface area contributed by atoms with Gasteiger partial charge in [-0.05, 0) is 87.1 Å². The molecule has 0 aliphatic heterocycles. The van der Waals surface area contributed by atoms with Crippen molar-refractivity contribution in [2.45, 2.75) is 65.5 Å². The Morgan fingerprint density at radius 1 is 0.417 bits per heavy atom. The standard InChI is InChI=1S/C34H38N2/c1-25-15-5-9-19-29(25)35(30-20-10-6-16-26(30)2)33-23-13-14-24-34(33)36(31-21-11-7-17-27(31)3)32-22-12-8-18-28(32)4/h5-12,15-22,33-34H,13-14,23-24H2,1-4H3/t33-,34-/m1/s1. The van der Waals surface area contributed by atoms with Crippen LogP contribution in [0.3, 0.4) is 0 Å². The number of anilines is 4. The fourth-order valence-corrected chi connectivity index (χ4v) is 6.00. The van der Waals surface area contributed by atoms with E-state index in [4.69, 9.17) is 0 Å². The Morgan fingerprint density at radius 3 is 0.917 bits per heavy atom. The summed E-state index contributed by atoms with van der Waals surface area (Å²) in [6.45, 7) is 9.00. The molecule has 0 saturated heterocycles. The zero-order chi connectivity index (χ0) is 25.1. The van der Waals surface area contributed by atoms with Crippen molar-refractivity contribution in [3.8, 4) is 0 Å². The van der Waals surface area contributed by atoms with Crippen molar-refractivity contribution in [2.75, 3.05) is 9.80 Å². The number of aryl methyl sites for hydroxylation is 4. The topological polar surface area (TPSA) is 6.48 Å². The quantitative estimate of drug-likeness (QED) is 0.275. The van der Waals surface area contributed by atoms with E-state index < -0.39 is 0 Å². The molecule has 0 amide bonds. The van der Waals surface area contributed by atoms with Crippen LogP contribution in [0.15, 0.2) is 97.1 Å². The second kappa shape index (κ2) is 10.6. The molecule has 4 aromatic carbocycles. The normalized spacial score (nSPS) is 17.6. The number of hydrogen-bond acceptors (Lipinski definition) is 2. The van der Waals surface area contributed by atoms with Gasteiger partial charge in [-0.15, -0.1) is 0 Å². The Kier molecular flexibility index (Phi) is 7.13. The number of para-hydroxylation sites is 4. The molecule has 0 bridgehead atoms. The van der Waals surface area contributed by atoms with Gasteiger partial charge in [-0.3, -0.25) is 0 Å². The first-order valence-corrected chi connectivity index (χ1v) is 13.4. The molecule has 4 aromatic rings. The summed E-state index contributed by atoms with van der Waals surface area (Å²) in [4.78, 5) is 5.33. The number of rotatable bonds is 6. The van der Waals surface area contributed by atoms with Gasteiger partial charge in [0.1, 0.15) is 0 Å². The number of hydrogen-bond donors (Lipinski definition) is 0. The average Bonchev–Trinajstić information content (AvgIpc) is 2.89. The zero-order valence-electron chi connectivity index (χ0n) is 22.1. The van der Waals surface area contributed by atoms with Gasteiger partial charge in [0.15, 0.2) is 0 Å². The Balaban J connectivity index is 1.71. The summed E-state index contributed by atoms with van der Waals surface area (Å²) in [5.41, 5.74) is 10.6. The summed E-state index contributed by atoms with van der Waals surface area (Å²) in [6.07, 6.45) is 4.85. The molecule has 0 unspecified atom stereocenters. The van der Waals surface area contributed by atoms with Crippen molar-refractivity contribution in [1.29, 1.82) is 0 Å². The minimum atomic E-state index is 0.347. The van der Waals surface area contributed by atoms with Crippen LogP contribution < -0.4 is 9.80 Å². The van der Waals surface area contributed by atoms with E-state index in [1.165, 1.54) is 70.7 Å². The first-order valence-electron chi connectivity index (χ1n) is 13.4. The van der Waals surface area contributed by atoms with Crippen molar-refractivity contribution < 1.29 is 0 Å². The Morgan fingerprint density at radius 2 is 0.667 bits per heavy atom. The molecule has 1 saturated carbocycles. The van der Waals surface area contributed by atoms with Gasteiger partial charge >= 0.3 is 0 Å². The zero-order valence-corrected chi connectivity index (χ0v) is 22.1. The third kappa shape index (κ3) is 4.65. The van der Waals surface area contributed by atoms with Crippen LogP contribution in [0, 0.1) is 27.7 Å². The van der Waals surface area contributed by atoms with Crippen LogP contribution in [0.25, 0.3) is 0 Å². The van der Waals surface area contributed by atoms with Gasteiger partial charge in [-0.25, -0.2) is 0 Å². The summed E-state index contributed by atoms with van der Waals surface area (Å²) in [7, 11) is 0. The predicted octanol–water partition coefficient (Wildman–Crippen LogP) is 9.21. The maximum Gasteiger partial charge on any atom is 0.0550 e. The number of nitrogens with zero attached hydrogens (tertiary/aromatic N) is 2. The SMILES string of the molecule is Cc1ccccc1N(c1ccccc1C)[C@@H]1CCCC[C@H]1N(c1ccccc1C)c1ccccc1C. The molecule has 1 aliphatic rings. The van der Waals surface area contributed by atoms with Crippen LogP contribution in [0.1, 0.15) is 47.9 Å². The van der Waals surface area contributed by atoms with Crippen LogP contribution in [0.2, 0.25) is 0 Å². The van der Waals surface area contributed by atoms with E-state index >= 15 is 0 Å². The molecule has 2 atom stereocenters. The van der Waals surface area contributed by atoms with E-state index in [2.05, 4.69) is 135 Å². The van der Waals surface area contributed by atoms with Crippen LogP contribution in [0.5, 0.6) is 0 Å². The minimum Gasteiger partial charge on any atom is -0.336 e. The van der Waals surface area contributed by atoms with Crippen LogP contribution in [-0.4, -0.2) is 12.1 Å². The highest BCUT2D eigenvalue weighted by molar-refractivity contribution is 5.73.